The van der Waals surface area contributed by atoms with Gasteiger partial charge >= 0.3 is 0 Å². The Bertz CT molecular complexity index is 778. The molecule has 2 aromatic carbocycles. The van der Waals surface area contributed by atoms with Crippen molar-refractivity contribution in [2.45, 2.75) is 25.7 Å². The first kappa shape index (κ1) is 15.4. The number of nitrogens with one attached hydrogen (secondary N) is 1. The summed E-state index contributed by atoms with van der Waals surface area (Å²) in [4.78, 5) is -0.580. The fourth-order valence-electron chi connectivity index (χ4n) is 2.22. The van der Waals surface area contributed by atoms with Crippen LogP contribution in [0.2, 0.25) is 0 Å². The van der Waals surface area contributed by atoms with E-state index in [2.05, 4.69) is 4.72 Å². The molecule has 0 amide bonds. The molecule has 3 nitrogen and oxygen atoms in total. The molecule has 0 saturated carbocycles. The molecule has 0 atom stereocenters. The molecular formula is C15H15F2NO2S. The Morgan fingerprint density at radius 2 is 1.52 bits per heavy atom. The van der Waals surface area contributed by atoms with E-state index in [1.165, 1.54) is 0 Å². The Balaban J connectivity index is 2.47. The smallest absolute Gasteiger partial charge is 0.264 e. The van der Waals surface area contributed by atoms with E-state index in [0.717, 1.165) is 28.8 Å². The number of rotatable bonds is 3. The monoisotopic (exact) mass is 311 g/mol. The predicted molar refractivity (Wildman–Crippen MR) is 77.8 cm³/mol. The summed E-state index contributed by atoms with van der Waals surface area (Å²) in [6.07, 6.45) is 0. The molecule has 21 heavy (non-hydrogen) atoms. The van der Waals surface area contributed by atoms with E-state index in [1.54, 1.807) is 13.8 Å². The van der Waals surface area contributed by atoms with Crippen molar-refractivity contribution in [3.8, 4) is 0 Å². The molecule has 0 spiro atoms. The summed E-state index contributed by atoms with van der Waals surface area (Å²) < 4.78 is 53.4. The molecule has 6 heteroatoms. The zero-order valence-electron chi connectivity index (χ0n) is 11.9. The van der Waals surface area contributed by atoms with Crippen LogP contribution in [-0.2, 0) is 10.0 Å². The van der Waals surface area contributed by atoms with Crippen molar-refractivity contribution in [3.05, 3.63) is 58.7 Å². The topological polar surface area (TPSA) is 46.2 Å². The number of hydrogen-bond acceptors (Lipinski definition) is 2. The average molecular weight is 311 g/mol. The van der Waals surface area contributed by atoms with Crippen LogP contribution < -0.4 is 4.72 Å². The lowest BCUT2D eigenvalue weighted by Gasteiger charge is -2.14. The maximum absolute atomic E-state index is 13.7. The third-order valence-electron chi connectivity index (χ3n) is 3.10. The van der Waals surface area contributed by atoms with Gasteiger partial charge in [-0.1, -0.05) is 17.7 Å². The maximum atomic E-state index is 13.7. The highest BCUT2D eigenvalue weighted by Gasteiger charge is 2.21. The zero-order valence-corrected chi connectivity index (χ0v) is 12.7. The van der Waals surface area contributed by atoms with Gasteiger partial charge in [0.25, 0.3) is 10.0 Å². The van der Waals surface area contributed by atoms with Crippen molar-refractivity contribution >= 4 is 15.7 Å². The lowest BCUT2D eigenvalue weighted by Crippen LogP contribution is -2.16. The minimum absolute atomic E-state index is 0.407. The molecule has 0 fully saturated rings. The second kappa shape index (κ2) is 5.44. The van der Waals surface area contributed by atoms with E-state index in [4.69, 9.17) is 0 Å². The van der Waals surface area contributed by atoms with E-state index >= 15 is 0 Å². The SMILES string of the molecule is Cc1cc(C)c(NS(=O)(=O)c2ccc(F)cc2F)c(C)c1. The maximum Gasteiger partial charge on any atom is 0.264 e. The van der Waals surface area contributed by atoms with E-state index in [1.807, 2.05) is 19.1 Å². The molecule has 112 valence electrons. The van der Waals surface area contributed by atoms with Crippen LogP contribution >= 0.6 is 0 Å². The summed E-state index contributed by atoms with van der Waals surface area (Å²) in [6, 6.07) is 6.01. The molecule has 0 aromatic heterocycles. The summed E-state index contributed by atoms with van der Waals surface area (Å²) in [5, 5.41) is 0. The molecule has 2 rings (SSSR count). The summed E-state index contributed by atoms with van der Waals surface area (Å²) in [7, 11) is -4.11. The van der Waals surface area contributed by atoms with Crippen molar-refractivity contribution in [3.63, 3.8) is 0 Å². The largest absolute Gasteiger partial charge is 0.279 e. The van der Waals surface area contributed by atoms with Crippen LogP contribution in [-0.4, -0.2) is 8.42 Å². The molecule has 2 aromatic rings. The van der Waals surface area contributed by atoms with Crippen LogP contribution in [0.25, 0.3) is 0 Å². The van der Waals surface area contributed by atoms with Gasteiger partial charge in [0.2, 0.25) is 0 Å². The number of sulfonamides is 1. The van der Waals surface area contributed by atoms with E-state index in [0.29, 0.717) is 11.8 Å². The third kappa shape index (κ3) is 3.21. The molecule has 0 saturated heterocycles. The predicted octanol–water partition coefficient (Wildman–Crippen LogP) is 3.69. The second-order valence-corrected chi connectivity index (χ2v) is 6.60. The highest BCUT2D eigenvalue weighted by Crippen LogP contribution is 2.26. The zero-order chi connectivity index (χ0) is 15.8. The summed E-state index contributed by atoms with van der Waals surface area (Å²) in [6.45, 7) is 5.43. The summed E-state index contributed by atoms with van der Waals surface area (Å²) >= 11 is 0. The highest BCUT2D eigenvalue weighted by molar-refractivity contribution is 7.92. The quantitative estimate of drug-likeness (QED) is 0.939. The average Bonchev–Trinajstić information content (AvgIpc) is 2.33. The minimum atomic E-state index is -4.11. The fourth-order valence-corrected chi connectivity index (χ4v) is 3.49. The molecule has 0 heterocycles. The molecule has 0 bridgehead atoms. The van der Waals surface area contributed by atoms with Crippen molar-refractivity contribution in [1.82, 2.24) is 0 Å². The standard InChI is InChI=1S/C15H15F2NO2S/c1-9-6-10(2)15(11(3)7-9)18-21(19,20)14-5-4-12(16)8-13(14)17/h4-8,18H,1-3H3. The fraction of sp³-hybridized carbons (Fsp3) is 0.200. The van der Waals surface area contributed by atoms with Gasteiger partial charge in [-0.05, 0) is 44.0 Å². The van der Waals surface area contributed by atoms with Crippen LogP contribution in [0.1, 0.15) is 16.7 Å². The second-order valence-electron chi connectivity index (χ2n) is 4.95. The van der Waals surface area contributed by atoms with Gasteiger partial charge in [0.15, 0.2) is 0 Å². The number of hydrogen-bond donors (Lipinski definition) is 1. The van der Waals surface area contributed by atoms with E-state index in [9.17, 15) is 17.2 Å². The van der Waals surface area contributed by atoms with Gasteiger partial charge in [-0.3, -0.25) is 4.72 Å². The number of benzene rings is 2. The Kier molecular flexibility index (Phi) is 4.00. The Labute approximate surface area is 122 Å². The summed E-state index contributed by atoms with van der Waals surface area (Å²) in [5.74, 6) is -1.95. The summed E-state index contributed by atoms with van der Waals surface area (Å²) in [5.41, 5.74) is 2.88. The Morgan fingerprint density at radius 1 is 0.952 bits per heavy atom. The van der Waals surface area contributed by atoms with Gasteiger partial charge in [0.05, 0.1) is 5.69 Å². The van der Waals surface area contributed by atoms with Gasteiger partial charge in [-0.15, -0.1) is 0 Å². The Morgan fingerprint density at radius 3 is 2.05 bits per heavy atom. The first-order chi connectivity index (χ1) is 9.70. The molecule has 0 aliphatic heterocycles. The van der Waals surface area contributed by atoms with Crippen LogP contribution in [0.5, 0.6) is 0 Å². The van der Waals surface area contributed by atoms with Crippen molar-refractivity contribution in [2.75, 3.05) is 4.72 Å². The van der Waals surface area contributed by atoms with Crippen LogP contribution in [0.4, 0.5) is 14.5 Å². The van der Waals surface area contributed by atoms with Crippen LogP contribution in [0.15, 0.2) is 35.2 Å². The minimum Gasteiger partial charge on any atom is -0.279 e. The van der Waals surface area contributed by atoms with E-state index < -0.39 is 26.6 Å². The number of aryl methyl sites for hydroxylation is 3. The van der Waals surface area contributed by atoms with Crippen LogP contribution in [0, 0.1) is 32.4 Å². The third-order valence-corrected chi connectivity index (χ3v) is 4.48. The number of anilines is 1. The van der Waals surface area contributed by atoms with Gasteiger partial charge in [0, 0.05) is 6.07 Å². The first-order valence-corrected chi connectivity index (χ1v) is 7.75. The molecule has 0 radical (unpaired) electrons. The normalized spacial score (nSPS) is 11.5. The van der Waals surface area contributed by atoms with Crippen molar-refractivity contribution in [2.24, 2.45) is 0 Å². The van der Waals surface area contributed by atoms with Crippen molar-refractivity contribution < 1.29 is 17.2 Å². The molecule has 0 aliphatic carbocycles. The van der Waals surface area contributed by atoms with Gasteiger partial charge in [-0.25, -0.2) is 17.2 Å². The number of halogens is 2. The first-order valence-electron chi connectivity index (χ1n) is 6.26. The lowest BCUT2D eigenvalue weighted by atomic mass is 10.1. The van der Waals surface area contributed by atoms with Crippen molar-refractivity contribution in [1.29, 1.82) is 0 Å². The van der Waals surface area contributed by atoms with E-state index in [-0.39, 0.29) is 0 Å². The van der Waals surface area contributed by atoms with Gasteiger partial charge in [-0.2, -0.15) is 0 Å². The van der Waals surface area contributed by atoms with Crippen LogP contribution in [0.3, 0.4) is 0 Å². The highest BCUT2D eigenvalue weighted by atomic mass is 32.2. The molecular weight excluding hydrogens is 296 g/mol. The van der Waals surface area contributed by atoms with Gasteiger partial charge < -0.3 is 0 Å². The molecule has 1 N–H and O–H groups in total. The van der Waals surface area contributed by atoms with Gasteiger partial charge in [0.1, 0.15) is 16.5 Å². The lowest BCUT2D eigenvalue weighted by molar-refractivity contribution is 0.551. The Hall–Kier alpha value is -1.95. The molecule has 0 unspecified atom stereocenters. The molecule has 0 aliphatic rings.